The van der Waals surface area contributed by atoms with E-state index in [1.807, 2.05) is 26.8 Å². The van der Waals surface area contributed by atoms with Gasteiger partial charge in [0.05, 0.1) is 30.3 Å². The highest BCUT2D eigenvalue weighted by atomic mass is 16.7. The summed E-state index contributed by atoms with van der Waals surface area (Å²) in [6, 6.07) is 1.87. The number of esters is 2. The summed E-state index contributed by atoms with van der Waals surface area (Å²) >= 11 is 0. The van der Waals surface area contributed by atoms with Crippen LogP contribution in [0.25, 0.3) is 0 Å². The first-order valence-electron chi connectivity index (χ1n) is 16.0. The van der Waals surface area contributed by atoms with E-state index in [0.717, 1.165) is 43.4 Å². The van der Waals surface area contributed by atoms with Crippen LogP contribution in [0.5, 0.6) is 0 Å². The van der Waals surface area contributed by atoms with E-state index in [0.29, 0.717) is 19.3 Å². The Morgan fingerprint density at radius 2 is 1.72 bits per heavy atom. The number of epoxide rings is 1. The number of aliphatic hydroxyl groups is 2. The molecule has 0 amide bonds. The zero-order chi connectivity index (χ0) is 30.6. The number of aryl methyl sites for hydroxylation is 1. The molecule has 0 radical (unpaired) electrons. The van der Waals surface area contributed by atoms with Gasteiger partial charge in [0, 0.05) is 34.8 Å². The number of hydrogen-bond acceptors (Lipinski definition) is 10. The van der Waals surface area contributed by atoms with E-state index >= 15 is 0 Å². The van der Waals surface area contributed by atoms with Crippen LogP contribution in [0.3, 0.4) is 0 Å². The largest absolute Gasteiger partial charge is 0.469 e. The first kappa shape index (κ1) is 29.4. The standard InChI is InChI=1S/C33H44O10/c1-29(2)24-23(36)25(37)31(4)20(32(24)17-40-22(35)16-21(32)42-29)11-13-30(3)26(41-28(38)27-33(30,31)43-27)18-12-15-39-19(18)10-8-6-5-7-9-14-34/h12,15,20-21,24-27,34,37H,5-11,13-14,16-17H2,1-4H3/t20-,21-,24+,25+,26-,27+,30-,31-,32-,33+/m0/s1. The minimum absolute atomic E-state index is 0.0405. The van der Waals surface area contributed by atoms with Gasteiger partial charge in [0.25, 0.3) is 0 Å². The molecule has 2 N–H and O–H groups in total. The van der Waals surface area contributed by atoms with Crippen molar-refractivity contribution in [2.24, 2.45) is 28.1 Å². The van der Waals surface area contributed by atoms with Crippen LogP contribution in [0.15, 0.2) is 16.7 Å². The van der Waals surface area contributed by atoms with E-state index in [2.05, 4.69) is 6.92 Å². The Labute approximate surface area is 251 Å². The number of unbranched alkanes of at least 4 members (excludes halogenated alkanes) is 4. The second kappa shape index (κ2) is 9.61. The van der Waals surface area contributed by atoms with Crippen LogP contribution in [-0.4, -0.2) is 70.7 Å². The summed E-state index contributed by atoms with van der Waals surface area (Å²) in [5.74, 6) is -1.37. The van der Waals surface area contributed by atoms with Crippen LogP contribution >= 0.6 is 0 Å². The van der Waals surface area contributed by atoms with Crippen molar-refractivity contribution < 1.29 is 48.0 Å². The maximum Gasteiger partial charge on any atom is 0.339 e. The van der Waals surface area contributed by atoms with Gasteiger partial charge in [-0.05, 0) is 51.5 Å². The van der Waals surface area contributed by atoms with E-state index < -0.39 is 63.8 Å². The highest BCUT2D eigenvalue weighted by Crippen LogP contribution is 2.80. The molecular formula is C33H44O10. The molecule has 6 fully saturated rings. The van der Waals surface area contributed by atoms with Gasteiger partial charge in [-0.25, -0.2) is 4.79 Å². The molecule has 6 aliphatic rings. The fourth-order valence-corrected chi connectivity index (χ4v) is 10.8. The number of furan rings is 1. The highest BCUT2D eigenvalue weighted by molar-refractivity contribution is 5.92. The molecule has 2 spiro atoms. The Balaban J connectivity index is 1.27. The number of rotatable bonds is 8. The summed E-state index contributed by atoms with van der Waals surface area (Å²) in [5.41, 5.74) is -3.98. The van der Waals surface area contributed by atoms with Gasteiger partial charge in [-0.1, -0.05) is 33.1 Å². The monoisotopic (exact) mass is 600 g/mol. The Hall–Kier alpha value is -2.27. The summed E-state index contributed by atoms with van der Waals surface area (Å²) in [6.45, 7) is 7.93. The molecule has 4 saturated heterocycles. The number of hydrogen-bond donors (Lipinski definition) is 2. The predicted molar refractivity (Wildman–Crippen MR) is 149 cm³/mol. The normalized spacial score (nSPS) is 45.7. The molecular weight excluding hydrogens is 556 g/mol. The summed E-state index contributed by atoms with van der Waals surface area (Å²) in [5, 5.41) is 21.1. The maximum absolute atomic E-state index is 14.3. The fourth-order valence-electron chi connectivity index (χ4n) is 10.8. The smallest absolute Gasteiger partial charge is 0.339 e. The molecule has 1 aromatic rings. The third-order valence-corrected chi connectivity index (χ3v) is 12.5. The molecule has 43 heavy (non-hydrogen) atoms. The zero-order valence-corrected chi connectivity index (χ0v) is 25.6. The average molecular weight is 601 g/mol. The number of ketones is 1. The van der Waals surface area contributed by atoms with Crippen molar-refractivity contribution in [1.29, 1.82) is 0 Å². The number of carbonyl (C=O) groups is 3. The van der Waals surface area contributed by atoms with Gasteiger partial charge in [0.2, 0.25) is 0 Å². The Bertz CT molecular complexity index is 1330. The Morgan fingerprint density at radius 3 is 2.49 bits per heavy atom. The second-order valence-electron chi connectivity index (χ2n) is 14.8. The number of aliphatic hydroxyl groups excluding tert-OH is 2. The molecule has 0 aromatic carbocycles. The van der Waals surface area contributed by atoms with Crippen LogP contribution in [0.2, 0.25) is 0 Å². The first-order valence-corrected chi connectivity index (χ1v) is 16.0. The van der Waals surface area contributed by atoms with Gasteiger partial charge >= 0.3 is 11.9 Å². The van der Waals surface area contributed by atoms with Crippen molar-refractivity contribution in [2.75, 3.05) is 13.2 Å². The van der Waals surface area contributed by atoms with Crippen LogP contribution in [0, 0.1) is 28.1 Å². The van der Waals surface area contributed by atoms with Gasteiger partial charge < -0.3 is 33.6 Å². The molecule has 10 nitrogen and oxygen atoms in total. The van der Waals surface area contributed by atoms with E-state index in [4.69, 9.17) is 28.5 Å². The molecule has 0 unspecified atom stereocenters. The van der Waals surface area contributed by atoms with Crippen LogP contribution < -0.4 is 0 Å². The molecule has 2 aliphatic carbocycles. The maximum atomic E-state index is 14.3. The molecule has 1 aromatic heterocycles. The Kier molecular flexibility index (Phi) is 6.58. The minimum Gasteiger partial charge on any atom is -0.469 e. The number of ether oxygens (including phenoxy) is 4. The number of Topliss-reactive ketones (excluding diaryl/α,β-unsaturated/α-hetero) is 1. The van der Waals surface area contributed by atoms with Crippen molar-refractivity contribution in [3.63, 3.8) is 0 Å². The van der Waals surface area contributed by atoms with Gasteiger partial charge in [-0.2, -0.15) is 0 Å². The lowest BCUT2D eigenvalue weighted by molar-refractivity contribution is -0.252. The third-order valence-electron chi connectivity index (χ3n) is 12.5. The SMILES string of the molecule is CC1(C)O[C@H]2CC(=O)OC[C@@]23[C@@H]1C(=O)[C@@H](O)[C@]1(C)[C@@H]3CC[C@@]2(C)[C@H](c3ccoc3CCCCCCCO)OC(=O)[C@H]3O[C@@]312. The van der Waals surface area contributed by atoms with E-state index in [1.54, 1.807) is 6.26 Å². The fraction of sp³-hybridized carbons (Fsp3) is 0.788. The van der Waals surface area contributed by atoms with Crippen molar-refractivity contribution in [3.8, 4) is 0 Å². The van der Waals surface area contributed by atoms with Crippen LogP contribution in [0.1, 0.15) is 96.5 Å². The van der Waals surface area contributed by atoms with Crippen molar-refractivity contribution in [1.82, 2.24) is 0 Å². The highest BCUT2D eigenvalue weighted by Gasteiger charge is 2.90. The molecule has 10 atom stereocenters. The third kappa shape index (κ3) is 3.58. The molecule has 5 heterocycles. The minimum atomic E-state index is -1.40. The number of cyclic esters (lactones) is 2. The lowest BCUT2D eigenvalue weighted by atomic mass is 9.36. The molecule has 0 bridgehead atoms. The summed E-state index contributed by atoms with van der Waals surface area (Å²) < 4.78 is 30.8. The average Bonchev–Trinajstić information content (AvgIpc) is 3.51. The summed E-state index contributed by atoms with van der Waals surface area (Å²) in [6.07, 6.45) is 4.80. The lowest BCUT2D eigenvalue weighted by Crippen LogP contribution is -2.76. The van der Waals surface area contributed by atoms with Gasteiger partial charge in [-0.15, -0.1) is 0 Å². The van der Waals surface area contributed by atoms with E-state index in [1.165, 1.54) is 0 Å². The van der Waals surface area contributed by atoms with Gasteiger partial charge in [0.15, 0.2) is 11.9 Å². The Morgan fingerprint density at radius 1 is 0.977 bits per heavy atom. The van der Waals surface area contributed by atoms with Crippen LogP contribution in [0.4, 0.5) is 0 Å². The van der Waals surface area contributed by atoms with E-state index in [9.17, 15) is 19.5 Å². The van der Waals surface area contributed by atoms with Crippen molar-refractivity contribution in [3.05, 3.63) is 23.7 Å². The quantitative estimate of drug-likeness (QED) is 0.258. The topological polar surface area (TPSA) is 145 Å². The summed E-state index contributed by atoms with van der Waals surface area (Å²) in [4.78, 5) is 40.4. The molecule has 10 heteroatoms. The lowest BCUT2D eigenvalue weighted by Gasteiger charge is -2.66. The predicted octanol–water partition coefficient (Wildman–Crippen LogP) is 3.59. The van der Waals surface area contributed by atoms with Crippen molar-refractivity contribution in [2.45, 2.75) is 121 Å². The second-order valence-corrected chi connectivity index (χ2v) is 14.8. The number of fused-ring (bicyclic) bond motifs is 1. The van der Waals surface area contributed by atoms with Crippen molar-refractivity contribution >= 4 is 17.7 Å². The molecule has 7 rings (SSSR count). The molecule has 2 saturated carbocycles. The van der Waals surface area contributed by atoms with E-state index in [-0.39, 0.29) is 37.3 Å². The zero-order valence-electron chi connectivity index (χ0n) is 25.6. The molecule has 236 valence electrons. The molecule has 4 aliphatic heterocycles. The van der Waals surface area contributed by atoms with Gasteiger partial charge in [-0.3, -0.25) is 9.59 Å². The first-order chi connectivity index (χ1) is 20.4. The van der Waals surface area contributed by atoms with Crippen LogP contribution in [-0.2, 0) is 39.8 Å². The summed E-state index contributed by atoms with van der Waals surface area (Å²) in [7, 11) is 0. The van der Waals surface area contributed by atoms with Gasteiger partial charge in [0.1, 0.15) is 30.2 Å². The number of carbonyl (C=O) groups excluding carboxylic acids is 3.